The molecule has 12 heavy (non-hydrogen) atoms. The summed E-state index contributed by atoms with van der Waals surface area (Å²) in [5, 5.41) is 0. The molecule has 1 heterocycles. The second-order valence-electron chi connectivity index (χ2n) is 2.49. The summed E-state index contributed by atoms with van der Waals surface area (Å²) in [4.78, 5) is 7.29. The van der Waals surface area contributed by atoms with Gasteiger partial charge in [0.1, 0.15) is 0 Å². The van der Waals surface area contributed by atoms with Crippen LogP contribution < -0.4 is 4.74 Å². The summed E-state index contributed by atoms with van der Waals surface area (Å²) in [7, 11) is 0. The fourth-order valence-electron chi connectivity index (χ4n) is 1.13. The summed E-state index contributed by atoms with van der Waals surface area (Å²) in [6, 6.07) is 8.45. The Kier molecular flexibility index (Phi) is 1.70. The van der Waals surface area contributed by atoms with Crippen molar-refractivity contribution in [2.24, 2.45) is 0 Å². The molecule has 0 aliphatic heterocycles. The molecule has 2 aromatic rings. The van der Waals surface area contributed by atoms with Crippen molar-refractivity contribution in [1.82, 2.24) is 9.97 Å². The van der Waals surface area contributed by atoms with Crippen LogP contribution >= 0.6 is 0 Å². The zero-order valence-electron chi connectivity index (χ0n) is 6.87. The van der Waals surface area contributed by atoms with Gasteiger partial charge in [0.15, 0.2) is 0 Å². The lowest BCUT2D eigenvalue weighted by molar-refractivity contribution is 0.317. The van der Waals surface area contributed by atoms with Gasteiger partial charge in [0.2, 0.25) is 0 Å². The minimum atomic E-state index is 0. The molecule has 64 valence electrons. The maximum atomic E-state index is 5.22. The van der Waals surface area contributed by atoms with Crippen molar-refractivity contribution < 1.29 is 6.16 Å². The summed E-state index contributed by atoms with van der Waals surface area (Å²) in [5.41, 5.74) is 1.96. The molecule has 0 saturated heterocycles. The lowest BCUT2D eigenvalue weighted by atomic mass is 10.3. The van der Waals surface area contributed by atoms with E-state index in [1.54, 1.807) is 0 Å². The molecule has 0 radical (unpaired) electrons. The van der Waals surface area contributed by atoms with Gasteiger partial charge in [-0.3, -0.25) is 0 Å². The van der Waals surface area contributed by atoms with E-state index in [0.29, 0.717) is 12.6 Å². The highest BCUT2D eigenvalue weighted by Crippen LogP contribution is 2.14. The number of rotatable bonds is 2. The van der Waals surface area contributed by atoms with E-state index in [-0.39, 0.29) is 1.43 Å². The molecule has 0 atom stereocenters. The van der Waals surface area contributed by atoms with Gasteiger partial charge < -0.3 is 9.72 Å². The number of para-hydroxylation sites is 2. The monoisotopic (exact) mass is 164 g/mol. The van der Waals surface area contributed by atoms with E-state index < -0.39 is 0 Å². The van der Waals surface area contributed by atoms with Crippen LogP contribution in [-0.2, 0) is 0 Å². The number of nitrogens with one attached hydrogen (secondary N) is 1. The van der Waals surface area contributed by atoms with Crippen LogP contribution in [0.25, 0.3) is 11.0 Å². The van der Waals surface area contributed by atoms with Crippen LogP contribution in [-0.4, -0.2) is 16.6 Å². The van der Waals surface area contributed by atoms with Crippen LogP contribution in [0.2, 0.25) is 0 Å². The summed E-state index contributed by atoms with van der Waals surface area (Å²) >= 11 is 0. The predicted molar refractivity (Wildman–Crippen MR) is 49.4 cm³/mol. The second-order valence-corrected chi connectivity index (χ2v) is 2.49. The summed E-state index contributed by atoms with van der Waals surface area (Å²) in [6.45, 7) is 2.58. The number of fused-ring (bicyclic) bond motifs is 1. The third-order valence-electron chi connectivity index (χ3n) is 1.65. The molecule has 3 heteroatoms. The molecule has 3 nitrogen and oxygen atoms in total. The largest absolute Gasteiger partial charge is 0.465 e. The van der Waals surface area contributed by atoms with Crippen LogP contribution in [0.3, 0.4) is 0 Å². The van der Waals surface area contributed by atoms with Gasteiger partial charge in [0.25, 0.3) is 6.01 Å². The minimum absolute atomic E-state index is 0. The Morgan fingerprint density at radius 2 is 2.33 bits per heavy atom. The number of nitrogens with zero attached hydrogens (tertiary/aromatic N) is 1. The molecule has 1 N–H and O–H groups in total. The number of imidazole rings is 1. The third-order valence-corrected chi connectivity index (χ3v) is 1.65. The van der Waals surface area contributed by atoms with Crippen molar-refractivity contribution in [1.29, 1.82) is 0 Å². The first-order valence-corrected chi connectivity index (χ1v) is 3.97. The van der Waals surface area contributed by atoms with Gasteiger partial charge in [-0.25, -0.2) is 0 Å². The van der Waals surface area contributed by atoms with Crippen molar-refractivity contribution in [2.45, 2.75) is 6.92 Å². The number of hydrogen-bond donors (Lipinski definition) is 1. The maximum absolute atomic E-state index is 5.22. The first-order valence-electron chi connectivity index (χ1n) is 3.97. The van der Waals surface area contributed by atoms with Crippen molar-refractivity contribution in [3.63, 3.8) is 0 Å². The van der Waals surface area contributed by atoms with Gasteiger partial charge >= 0.3 is 0 Å². The zero-order valence-corrected chi connectivity index (χ0v) is 6.87. The highest BCUT2D eigenvalue weighted by Gasteiger charge is 1.99. The Morgan fingerprint density at radius 1 is 1.50 bits per heavy atom. The van der Waals surface area contributed by atoms with E-state index in [1.165, 1.54) is 0 Å². The molecule has 0 aliphatic rings. The molecule has 1 aromatic heterocycles. The third kappa shape index (κ3) is 1.13. The smallest absolute Gasteiger partial charge is 0.294 e. The lowest BCUT2D eigenvalue weighted by Gasteiger charge is -1.93. The Bertz CT molecular complexity index is 353. The highest BCUT2D eigenvalue weighted by molar-refractivity contribution is 5.75. The van der Waals surface area contributed by atoms with Gasteiger partial charge in [-0.15, -0.1) is 0 Å². The van der Waals surface area contributed by atoms with Gasteiger partial charge in [-0.05, 0) is 19.1 Å². The van der Waals surface area contributed by atoms with Gasteiger partial charge in [0.05, 0.1) is 17.6 Å². The fraction of sp³-hybridized carbons (Fsp3) is 0.222. The molecule has 1 aromatic carbocycles. The van der Waals surface area contributed by atoms with E-state index >= 15 is 0 Å². The lowest BCUT2D eigenvalue weighted by Crippen LogP contribution is -1.92. The zero-order chi connectivity index (χ0) is 8.39. The molecule has 0 amide bonds. The second kappa shape index (κ2) is 2.85. The molecule has 0 saturated carbocycles. The Morgan fingerprint density at radius 3 is 3.08 bits per heavy atom. The molecule has 0 aliphatic carbocycles. The number of aromatic amines is 1. The number of hydrogen-bond acceptors (Lipinski definition) is 2. The summed E-state index contributed by atoms with van der Waals surface area (Å²) in [5.74, 6) is 0. The first kappa shape index (κ1) is 7.16. The average molecular weight is 164 g/mol. The Balaban J connectivity index is 0.000000845. The number of benzene rings is 1. The van der Waals surface area contributed by atoms with Crippen LogP contribution in [0.1, 0.15) is 8.35 Å². The Labute approximate surface area is 71.9 Å². The predicted octanol–water partition coefficient (Wildman–Crippen LogP) is 2.21. The number of H-pyrrole nitrogens is 1. The molecule has 0 fully saturated rings. The normalized spacial score (nSPS) is 10.4. The topological polar surface area (TPSA) is 37.9 Å². The molecular formula is C9H12N2O. The standard InChI is InChI=1S/C9H10N2O.H2/c1-2-12-9-10-7-5-3-4-6-8(7)11-9;/h3-6H,2H2,1H3,(H,10,11);1H. The van der Waals surface area contributed by atoms with Crippen LogP contribution in [0.5, 0.6) is 6.01 Å². The average Bonchev–Trinajstić information content (AvgIpc) is 2.47. The molecule has 0 spiro atoms. The SMILES string of the molecule is CCOc1nc2ccccc2[nH]1.[HH]. The van der Waals surface area contributed by atoms with E-state index in [4.69, 9.17) is 4.74 Å². The molecular weight excluding hydrogens is 152 g/mol. The Hall–Kier alpha value is -1.51. The molecule has 2 rings (SSSR count). The van der Waals surface area contributed by atoms with E-state index in [9.17, 15) is 0 Å². The fourth-order valence-corrected chi connectivity index (χ4v) is 1.13. The minimum Gasteiger partial charge on any atom is -0.465 e. The first-order chi connectivity index (χ1) is 5.90. The maximum Gasteiger partial charge on any atom is 0.294 e. The van der Waals surface area contributed by atoms with Crippen molar-refractivity contribution in [3.8, 4) is 6.01 Å². The van der Waals surface area contributed by atoms with Crippen molar-refractivity contribution in [3.05, 3.63) is 24.3 Å². The quantitative estimate of drug-likeness (QED) is 0.738. The van der Waals surface area contributed by atoms with Crippen molar-refractivity contribution >= 4 is 11.0 Å². The van der Waals surface area contributed by atoms with Crippen LogP contribution in [0.4, 0.5) is 0 Å². The van der Waals surface area contributed by atoms with Crippen LogP contribution in [0.15, 0.2) is 24.3 Å². The molecule has 0 unspecified atom stereocenters. The van der Waals surface area contributed by atoms with E-state index in [0.717, 1.165) is 11.0 Å². The van der Waals surface area contributed by atoms with E-state index in [1.807, 2.05) is 31.2 Å². The summed E-state index contributed by atoms with van der Waals surface area (Å²) in [6.07, 6.45) is 0. The number of aromatic nitrogens is 2. The molecule has 0 bridgehead atoms. The van der Waals surface area contributed by atoms with Gasteiger partial charge in [-0.1, -0.05) is 12.1 Å². The van der Waals surface area contributed by atoms with Gasteiger partial charge in [0, 0.05) is 1.43 Å². The van der Waals surface area contributed by atoms with Crippen LogP contribution in [0, 0.1) is 0 Å². The highest BCUT2D eigenvalue weighted by atomic mass is 16.5. The number of ether oxygens (including phenoxy) is 1. The van der Waals surface area contributed by atoms with Crippen molar-refractivity contribution in [2.75, 3.05) is 6.61 Å². The summed E-state index contributed by atoms with van der Waals surface area (Å²) < 4.78 is 5.22. The van der Waals surface area contributed by atoms with E-state index in [2.05, 4.69) is 9.97 Å². The van der Waals surface area contributed by atoms with Gasteiger partial charge in [-0.2, -0.15) is 4.98 Å².